The van der Waals surface area contributed by atoms with Crippen LogP contribution in [0.3, 0.4) is 0 Å². The Bertz CT molecular complexity index is 843. The average molecular weight is 373 g/mol. The van der Waals surface area contributed by atoms with Gasteiger partial charge >= 0.3 is 0 Å². The summed E-state index contributed by atoms with van der Waals surface area (Å²) in [5, 5.41) is 4.10. The van der Waals surface area contributed by atoms with Crippen LogP contribution >= 0.6 is 0 Å². The zero-order valence-corrected chi connectivity index (χ0v) is 16.1. The van der Waals surface area contributed by atoms with Gasteiger partial charge in [-0.15, -0.1) is 0 Å². The van der Waals surface area contributed by atoms with E-state index in [1.807, 2.05) is 24.6 Å². The van der Waals surface area contributed by atoms with Crippen LogP contribution in [-0.4, -0.2) is 46.7 Å². The summed E-state index contributed by atoms with van der Waals surface area (Å²) in [6.07, 6.45) is 6.55. The predicted octanol–water partition coefficient (Wildman–Crippen LogP) is 2.97. The average Bonchev–Trinajstić information content (AvgIpc) is 3.23. The van der Waals surface area contributed by atoms with E-state index in [0.29, 0.717) is 19.7 Å². The summed E-state index contributed by atoms with van der Waals surface area (Å²) in [6.45, 7) is 4.38. The zero-order chi connectivity index (χ0) is 19.0. The predicted molar refractivity (Wildman–Crippen MR) is 103 cm³/mol. The summed E-state index contributed by atoms with van der Waals surface area (Å²) in [4.78, 5) is 15.1. The first-order valence-corrected chi connectivity index (χ1v) is 9.85. The Labute approximate surface area is 159 Å². The van der Waals surface area contributed by atoms with Crippen molar-refractivity contribution < 1.29 is 13.9 Å². The van der Waals surface area contributed by atoms with Gasteiger partial charge in [-0.1, -0.05) is 12.8 Å². The molecule has 1 aliphatic heterocycles. The summed E-state index contributed by atoms with van der Waals surface area (Å²) in [7, 11) is 1.97. The Kier molecular flexibility index (Phi) is 4.95. The monoisotopic (exact) mass is 373 g/mol. The number of hydrogen-bond donors (Lipinski definition) is 1. The second-order valence-electron chi connectivity index (χ2n) is 8.17. The number of amides is 1. The Hall–Kier alpha value is -1.92. The Morgan fingerprint density at radius 1 is 1.37 bits per heavy atom. The first kappa shape index (κ1) is 18.4. The molecule has 1 saturated heterocycles. The molecule has 2 aromatic rings. The number of hydrogen-bond acceptors (Lipinski definition) is 3. The lowest BCUT2D eigenvalue weighted by Gasteiger charge is -2.39. The largest absolute Gasteiger partial charge is 0.363 e. The van der Waals surface area contributed by atoms with Gasteiger partial charge in [-0.25, -0.2) is 4.39 Å². The maximum absolute atomic E-state index is 13.7. The minimum Gasteiger partial charge on any atom is -0.363 e. The minimum atomic E-state index is -0.837. The van der Waals surface area contributed by atoms with Crippen LogP contribution < -0.4 is 5.32 Å². The van der Waals surface area contributed by atoms with Crippen molar-refractivity contribution in [3.8, 4) is 0 Å². The molecule has 146 valence electrons. The number of morpholine rings is 1. The lowest BCUT2D eigenvalue weighted by Crippen LogP contribution is -2.59. The van der Waals surface area contributed by atoms with Gasteiger partial charge < -0.3 is 14.6 Å². The van der Waals surface area contributed by atoms with E-state index in [-0.39, 0.29) is 17.8 Å². The fourth-order valence-electron chi connectivity index (χ4n) is 4.44. The highest BCUT2D eigenvalue weighted by atomic mass is 19.1. The molecule has 0 spiro atoms. The van der Waals surface area contributed by atoms with Crippen molar-refractivity contribution in [2.45, 2.75) is 50.8 Å². The maximum Gasteiger partial charge on any atom is 0.253 e. The van der Waals surface area contributed by atoms with Crippen LogP contribution in [0.4, 0.5) is 4.39 Å². The van der Waals surface area contributed by atoms with Gasteiger partial charge in [0.25, 0.3) is 5.91 Å². The van der Waals surface area contributed by atoms with Crippen molar-refractivity contribution in [1.82, 2.24) is 14.8 Å². The summed E-state index contributed by atoms with van der Waals surface area (Å²) in [5.41, 5.74) is 1.25. The topological polar surface area (TPSA) is 46.5 Å². The number of fused-ring (bicyclic) bond motifs is 1. The molecule has 0 radical (unpaired) electrons. The molecule has 2 aliphatic rings. The molecular formula is C21H28FN3O2. The van der Waals surface area contributed by atoms with E-state index in [9.17, 15) is 9.18 Å². The third kappa shape index (κ3) is 3.73. The molecule has 1 N–H and O–H groups in total. The highest BCUT2D eigenvalue weighted by Crippen LogP contribution is 2.26. The molecule has 2 heterocycles. The number of aryl methyl sites for hydroxylation is 1. The second-order valence-corrected chi connectivity index (χ2v) is 8.17. The Morgan fingerprint density at radius 2 is 2.15 bits per heavy atom. The first-order chi connectivity index (χ1) is 12.9. The van der Waals surface area contributed by atoms with E-state index < -0.39 is 5.60 Å². The molecule has 1 aromatic carbocycles. The van der Waals surface area contributed by atoms with Crippen molar-refractivity contribution in [3.63, 3.8) is 0 Å². The van der Waals surface area contributed by atoms with Gasteiger partial charge in [-0.3, -0.25) is 9.69 Å². The number of rotatable bonds is 4. The summed E-state index contributed by atoms with van der Waals surface area (Å²) >= 11 is 0. The summed E-state index contributed by atoms with van der Waals surface area (Å²) < 4.78 is 21.7. The lowest BCUT2D eigenvalue weighted by atomic mass is 10.0. The molecule has 27 heavy (non-hydrogen) atoms. The minimum absolute atomic E-state index is 0.0111. The van der Waals surface area contributed by atoms with Gasteiger partial charge in [0.2, 0.25) is 0 Å². The third-order valence-corrected chi connectivity index (χ3v) is 5.95. The molecule has 4 rings (SSSR count). The van der Waals surface area contributed by atoms with Crippen LogP contribution in [-0.2, 0) is 23.1 Å². The molecule has 1 amide bonds. The summed E-state index contributed by atoms with van der Waals surface area (Å²) in [6, 6.07) is 5.18. The first-order valence-electron chi connectivity index (χ1n) is 9.85. The number of nitrogens with one attached hydrogen (secondary N) is 1. The van der Waals surface area contributed by atoms with Gasteiger partial charge in [0.15, 0.2) is 5.60 Å². The number of nitrogens with zero attached hydrogens (tertiary/aromatic N) is 2. The van der Waals surface area contributed by atoms with E-state index in [1.165, 1.54) is 18.9 Å². The SMILES string of the molecule is Cn1cc(CN2CCOC(C)(C(=O)NC3CCCC3)C2)c2cc(F)ccc21. The second kappa shape index (κ2) is 7.24. The molecule has 1 unspecified atom stereocenters. The van der Waals surface area contributed by atoms with E-state index in [4.69, 9.17) is 4.74 Å². The maximum atomic E-state index is 13.7. The van der Waals surface area contributed by atoms with Crippen LogP contribution in [0.1, 0.15) is 38.2 Å². The van der Waals surface area contributed by atoms with Crippen molar-refractivity contribution in [3.05, 3.63) is 35.8 Å². The number of aromatic nitrogens is 1. The van der Waals surface area contributed by atoms with E-state index in [0.717, 1.165) is 35.9 Å². The van der Waals surface area contributed by atoms with Gasteiger partial charge in [0, 0.05) is 49.8 Å². The van der Waals surface area contributed by atoms with Crippen molar-refractivity contribution in [1.29, 1.82) is 0 Å². The highest BCUT2D eigenvalue weighted by molar-refractivity contribution is 5.86. The molecule has 1 aromatic heterocycles. The van der Waals surface area contributed by atoms with Gasteiger partial charge in [0.05, 0.1) is 6.61 Å². The lowest BCUT2D eigenvalue weighted by molar-refractivity contribution is -0.157. The van der Waals surface area contributed by atoms with Crippen LogP contribution in [0.2, 0.25) is 0 Å². The van der Waals surface area contributed by atoms with Crippen molar-refractivity contribution >= 4 is 16.8 Å². The molecule has 1 saturated carbocycles. The fraction of sp³-hybridized carbons (Fsp3) is 0.571. The van der Waals surface area contributed by atoms with Crippen LogP contribution in [0.15, 0.2) is 24.4 Å². The molecule has 5 nitrogen and oxygen atoms in total. The standard InChI is InChI=1S/C21H28FN3O2/c1-21(20(26)23-17-5-3-4-6-17)14-25(9-10-27-21)13-15-12-24(2)19-8-7-16(22)11-18(15)19/h7-8,11-12,17H,3-6,9-10,13-14H2,1-2H3,(H,23,26). The van der Waals surface area contributed by atoms with Gasteiger partial charge in [-0.2, -0.15) is 0 Å². The number of benzene rings is 1. The molecule has 1 atom stereocenters. The van der Waals surface area contributed by atoms with Gasteiger partial charge in [-0.05, 0) is 43.5 Å². The molecule has 0 bridgehead atoms. The van der Waals surface area contributed by atoms with Crippen molar-refractivity contribution in [2.24, 2.45) is 7.05 Å². The normalized spacial score (nSPS) is 24.6. The number of halogens is 1. The zero-order valence-electron chi connectivity index (χ0n) is 16.1. The Balaban J connectivity index is 1.48. The van der Waals surface area contributed by atoms with E-state index in [1.54, 1.807) is 6.07 Å². The smallest absolute Gasteiger partial charge is 0.253 e. The number of ether oxygens (including phenoxy) is 1. The highest BCUT2D eigenvalue weighted by Gasteiger charge is 2.40. The Morgan fingerprint density at radius 3 is 2.93 bits per heavy atom. The van der Waals surface area contributed by atoms with Crippen LogP contribution in [0.25, 0.3) is 10.9 Å². The van der Waals surface area contributed by atoms with Crippen LogP contribution in [0.5, 0.6) is 0 Å². The molecule has 6 heteroatoms. The fourth-order valence-corrected chi connectivity index (χ4v) is 4.44. The number of carbonyl (C=O) groups excluding carboxylic acids is 1. The van der Waals surface area contributed by atoms with E-state index >= 15 is 0 Å². The summed E-state index contributed by atoms with van der Waals surface area (Å²) in [5.74, 6) is -0.235. The molecule has 1 aliphatic carbocycles. The van der Waals surface area contributed by atoms with E-state index in [2.05, 4.69) is 16.4 Å². The molecule has 2 fully saturated rings. The third-order valence-electron chi connectivity index (χ3n) is 5.95. The quantitative estimate of drug-likeness (QED) is 0.896. The molecular weight excluding hydrogens is 345 g/mol. The van der Waals surface area contributed by atoms with Gasteiger partial charge in [0.1, 0.15) is 5.82 Å². The van der Waals surface area contributed by atoms with Crippen molar-refractivity contribution in [2.75, 3.05) is 19.7 Å². The van der Waals surface area contributed by atoms with Crippen LogP contribution in [0, 0.1) is 5.82 Å². The number of carbonyl (C=O) groups is 1.